The smallest absolute Gasteiger partial charge is 0.291 e. The summed E-state index contributed by atoms with van der Waals surface area (Å²) in [7, 11) is 0. The molecule has 5 rings (SSSR count). The first kappa shape index (κ1) is 18.4. The number of aliphatic imine (C=N–C) groups is 1. The lowest BCUT2D eigenvalue weighted by Crippen LogP contribution is -2.11. The number of rotatable bonds is 4. The number of hydrogen-bond donors (Lipinski definition) is 1. The highest BCUT2D eigenvalue weighted by molar-refractivity contribution is 6.30. The third-order valence-electron chi connectivity index (χ3n) is 5.04. The van der Waals surface area contributed by atoms with Crippen LogP contribution in [0.4, 0.5) is 11.4 Å². The minimum Gasteiger partial charge on any atom is -0.451 e. The third kappa shape index (κ3) is 3.65. The van der Waals surface area contributed by atoms with Crippen LogP contribution < -0.4 is 5.32 Å². The van der Waals surface area contributed by atoms with Gasteiger partial charge in [0.05, 0.1) is 11.4 Å². The van der Waals surface area contributed by atoms with Gasteiger partial charge in [0.25, 0.3) is 5.91 Å². The van der Waals surface area contributed by atoms with E-state index in [0.29, 0.717) is 16.5 Å². The van der Waals surface area contributed by atoms with Crippen molar-refractivity contribution in [3.8, 4) is 11.3 Å². The molecule has 3 aromatic carbocycles. The van der Waals surface area contributed by atoms with E-state index in [4.69, 9.17) is 21.0 Å². The molecule has 4 aromatic rings. The predicted molar refractivity (Wildman–Crippen MR) is 120 cm³/mol. The van der Waals surface area contributed by atoms with Gasteiger partial charge in [-0.3, -0.25) is 9.79 Å². The number of nitrogens with one attached hydrogen (secondary N) is 1. The zero-order chi connectivity index (χ0) is 20.5. The van der Waals surface area contributed by atoms with Gasteiger partial charge < -0.3 is 9.73 Å². The molecule has 0 fully saturated rings. The van der Waals surface area contributed by atoms with Crippen molar-refractivity contribution in [2.75, 3.05) is 5.32 Å². The number of benzene rings is 3. The van der Waals surface area contributed by atoms with Crippen LogP contribution in [0.1, 0.15) is 21.7 Å². The van der Waals surface area contributed by atoms with Crippen molar-refractivity contribution in [3.63, 3.8) is 0 Å². The topological polar surface area (TPSA) is 54.6 Å². The predicted octanol–water partition coefficient (Wildman–Crippen LogP) is 6.53. The molecule has 146 valence electrons. The average Bonchev–Trinajstić information content (AvgIpc) is 3.42. The molecule has 0 unspecified atom stereocenters. The summed E-state index contributed by atoms with van der Waals surface area (Å²) in [6, 6.07) is 26.6. The maximum absolute atomic E-state index is 12.6. The van der Waals surface area contributed by atoms with Crippen LogP contribution in [0.5, 0.6) is 0 Å². The summed E-state index contributed by atoms with van der Waals surface area (Å²) in [5, 5.41) is 3.53. The molecule has 0 atom stereocenters. The Morgan fingerprint density at radius 1 is 0.867 bits per heavy atom. The second-order valence-electron chi connectivity index (χ2n) is 7.07. The Balaban J connectivity index is 1.28. The third-order valence-corrected chi connectivity index (χ3v) is 5.29. The summed E-state index contributed by atoms with van der Waals surface area (Å²) in [6.07, 6.45) is 0.821. The van der Waals surface area contributed by atoms with Gasteiger partial charge in [0.1, 0.15) is 5.76 Å². The number of halogens is 1. The van der Waals surface area contributed by atoms with Crippen molar-refractivity contribution in [2.45, 2.75) is 6.42 Å². The molecule has 1 amide bonds. The summed E-state index contributed by atoms with van der Waals surface area (Å²) < 4.78 is 5.71. The SMILES string of the molecule is O=C(Nc1ccc(C2=Nc3ccccc3C2)cc1)c1ccc(-c2ccc(Cl)cc2)o1. The highest BCUT2D eigenvalue weighted by Gasteiger charge is 2.16. The van der Waals surface area contributed by atoms with Crippen LogP contribution in [0.15, 0.2) is 94.3 Å². The van der Waals surface area contributed by atoms with Crippen LogP contribution in [-0.2, 0) is 6.42 Å². The monoisotopic (exact) mass is 412 g/mol. The Morgan fingerprint density at radius 3 is 2.37 bits per heavy atom. The number of nitrogens with zero attached hydrogens (tertiary/aromatic N) is 1. The van der Waals surface area contributed by atoms with E-state index in [9.17, 15) is 4.79 Å². The molecule has 2 heterocycles. The Hall–Kier alpha value is -3.63. The van der Waals surface area contributed by atoms with E-state index < -0.39 is 0 Å². The Bertz CT molecular complexity index is 1260. The van der Waals surface area contributed by atoms with Gasteiger partial charge in [-0.15, -0.1) is 0 Å². The maximum atomic E-state index is 12.6. The Morgan fingerprint density at radius 2 is 1.60 bits per heavy atom. The van der Waals surface area contributed by atoms with Crippen molar-refractivity contribution in [1.29, 1.82) is 0 Å². The van der Waals surface area contributed by atoms with E-state index in [-0.39, 0.29) is 11.7 Å². The lowest BCUT2D eigenvalue weighted by atomic mass is 10.0. The second-order valence-corrected chi connectivity index (χ2v) is 7.50. The van der Waals surface area contributed by atoms with Gasteiger partial charge in [0.15, 0.2) is 5.76 Å². The van der Waals surface area contributed by atoms with Crippen LogP contribution in [0.25, 0.3) is 11.3 Å². The highest BCUT2D eigenvalue weighted by Crippen LogP contribution is 2.29. The van der Waals surface area contributed by atoms with Crippen molar-refractivity contribution >= 4 is 34.6 Å². The van der Waals surface area contributed by atoms with Gasteiger partial charge in [-0.2, -0.15) is 0 Å². The molecule has 0 radical (unpaired) electrons. The number of carbonyl (C=O) groups is 1. The number of anilines is 1. The molecule has 0 saturated heterocycles. The minimum atomic E-state index is -0.298. The lowest BCUT2D eigenvalue weighted by Gasteiger charge is -2.05. The summed E-state index contributed by atoms with van der Waals surface area (Å²) in [6.45, 7) is 0. The molecule has 1 aromatic heterocycles. The molecule has 0 spiro atoms. The molecule has 1 aliphatic heterocycles. The van der Waals surface area contributed by atoms with Gasteiger partial charge in [-0.25, -0.2) is 0 Å². The molecule has 5 heteroatoms. The average molecular weight is 413 g/mol. The second kappa shape index (κ2) is 7.65. The standard InChI is InChI=1S/C25H17ClN2O2/c26-19-9-5-17(6-10-19)23-13-14-24(30-23)25(29)27-20-11-7-16(8-12-20)22-15-18-3-1-2-4-21(18)28-22/h1-14H,15H2,(H,27,29). The van der Waals surface area contributed by atoms with Crippen molar-refractivity contribution in [2.24, 2.45) is 4.99 Å². The first-order chi connectivity index (χ1) is 14.7. The minimum absolute atomic E-state index is 0.250. The number of carbonyl (C=O) groups excluding carboxylic acids is 1. The van der Waals surface area contributed by atoms with Crippen molar-refractivity contribution in [3.05, 3.63) is 107 Å². The fourth-order valence-electron chi connectivity index (χ4n) is 3.47. The molecule has 0 saturated carbocycles. The molecule has 0 bridgehead atoms. The van der Waals surface area contributed by atoms with E-state index in [2.05, 4.69) is 11.4 Å². The number of amides is 1. The van der Waals surface area contributed by atoms with E-state index in [1.54, 1.807) is 24.3 Å². The van der Waals surface area contributed by atoms with Crippen LogP contribution in [0.2, 0.25) is 5.02 Å². The van der Waals surface area contributed by atoms with Gasteiger partial charge in [0.2, 0.25) is 0 Å². The quantitative estimate of drug-likeness (QED) is 0.414. The first-order valence-electron chi connectivity index (χ1n) is 9.59. The zero-order valence-electron chi connectivity index (χ0n) is 15.9. The van der Waals surface area contributed by atoms with Crippen LogP contribution in [0.3, 0.4) is 0 Å². The number of furan rings is 1. The summed E-state index contributed by atoms with van der Waals surface area (Å²) in [4.78, 5) is 17.3. The van der Waals surface area contributed by atoms with Crippen molar-refractivity contribution < 1.29 is 9.21 Å². The molecule has 1 aliphatic rings. The van der Waals surface area contributed by atoms with E-state index in [1.165, 1.54) is 5.56 Å². The first-order valence-corrected chi connectivity index (χ1v) is 9.96. The molecule has 4 nitrogen and oxygen atoms in total. The number of hydrogen-bond acceptors (Lipinski definition) is 3. The van der Waals surface area contributed by atoms with E-state index in [1.807, 2.05) is 54.6 Å². The van der Waals surface area contributed by atoms with Gasteiger partial charge in [-0.05, 0) is 65.7 Å². The zero-order valence-corrected chi connectivity index (χ0v) is 16.7. The molecule has 0 aliphatic carbocycles. The van der Waals surface area contributed by atoms with Crippen molar-refractivity contribution in [1.82, 2.24) is 0 Å². The highest BCUT2D eigenvalue weighted by atomic mass is 35.5. The molecule has 1 N–H and O–H groups in total. The lowest BCUT2D eigenvalue weighted by molar-refractivity contribution is 0.0997. The van der Waals surface area contributed by atoms with Gasteiger partial charge in [0, 0.05) is 22.7 Å². The molecular formula is C25H17ClN2O2. The molecular weight excluding hydrogens is 396 g/mol. The van der Waals surface area contributed by atoms with Crippen LogP contribution in [0, 0.1) is 0 Å². The summed E-state index contributed by atoms with van der Waals surface area (Å²) >= 11 is 5.92. The van der Waals surface area contributed by atoms with E-state index in [0.717, 1.165) is 28.9 Å². The fraction of sp³-hybridized carbons (Fsp3) is 0.0400. The van der Waals surface area contributed by atoms with Crippen LogP contribution in [-0.4, -0.2) is 11.6 Å². The van der Waals surface area contributed by atoms with E-state index >= 15 is 0 Å². The largest absolute Gasteiger partial charge is 0.451 e. The number of para-hydroxylation sites is 1. The van der Waals surface area contributed by atoms with Gasteiger partial charge in [-0.1, -0.05) is 41.9 Å². The van der Waals surface area contributed by atoms with Gasteiger partial charge >= 0.3 is 0 Å². The molecule has 30 heavy (non-hydrogen) atoms. The summed E-state index contributed by atoms with van der Waals surface area (Å²) in [5.41, 5.74) is 5.91. The summed E-state index contributed by atoms with van der Waals surface area (Å²) in [5.74, 6) is 0.569. The van der Waals surface area contributed by atoms with Crippen LogP contribution >= 0.6 is 11.6 Å². The number of fused-ring (bicyclic) bond motifs is 1. The normalized spacial score (nSPS) is 12.4. The Labute approximate surface area is 178 Å². The maximum Gasteiger partial charge on any atom is 0.291 e. The fourth-order valence-corrected chi connectivity index (χ4v) is 3.60. The Kier molecular flexibility index (Phi) is 4.69.